The zero-order valence-electron chi connectivity index (χ0n) is 29.9. The van der Waals surface area contributed by atoms with Gasteiger partial charge >= 0.3 is 5.97 Å². The first-order valence-corrected chi connectivity index (χ1v) is 19.8. The smallest absolute Gasteiger partial charge is 0.334 e. The van der Waals surface area contributed by atoms with Gasteiger partial charge in [-0.15, -0.1) is 0 Å². The molecule has 6 heteroatoms. The summed E-state index contributed by atoms with van der Waals surface area (Å²) in [7, 11) is 0. The molecule has 0 aromatic carbocycles. The highest BCUT2D eigenvalue weighted by atomic mass is 16.5. The Balaban J connectivity index is 1.07. The Bertz CT molecular complexity index is 980. The summed E-state index contributed by atoms with van der Waals surface area (Å²) in [6.45, 7) is 9.64. The lowest BCUT2D eigenvalue weighted by Gasteiger charge is -2.62. The Hall–Kier alpha value is -1.11. The number of hydrogen-bond acceptors (Lipinski definition) is 5. The Morgan fingerprint density at radius 3 is 1.70 bits per heavy atom. The van der Waals surface area contributed by atoms with E-state index in [-0.39, 0.29) is 22.2 Å². The first kappa shape index (κ1) is 36.2. The molecule has 0 amide bonds. The van der Waals surface area contributed by atoms with Crippen molar-refractivity contribution in [1.82, 2.24) is 0 Å². The number of carboxylic acid groups (broad SMARTS) is 1. The van der Waals surface area contributed by atoms with Crippen molar-refractivity contribution in [2.75, 3.05) is 26.4 Å². The summed E-state index contributed by atoms with van der Waals surface area (Å²) >= 11 is 0. The Morgan fingerprint density at radius 1 is 0.717 bits per heavy atom. The van der Waals surface area contributed by atoms with Crippen LogP contribution in [0.3, 0.4) is 0 Å². The van der Waals surface area contributed by atoms with E-state index >= 15 is 0 Å². The lowest BCUT2D eigenvalue weighted by atomic mass is 9.47. The van der Waals surface area contributed by atoms with Crippen LogP contribution in [0.25, 0.3) is 0 Å². The van der Waals surface area contributed by atoms with Gasteiger partial charge in [0, 0.05) is 12.0 Å². The minimum absolute atomic E-state index is 0.0984. The van der Waals surface area contributed by atoms with Crippen LogP contribution in [0.5, 0.6) is 0 Å². The second kappa shape index (κ2) is 16.5. The average molecular weight is 645 g/mol. The van der Waals surface area contributed by atoms with Gasteiger partial charge in [0.25, 0.3) is 0 Å². The predicted molar refractivity (Wildman–Crippen MR) is 184 cm³/mol. The molecule has 2 aliphatic heterocycles. The van der Waals surface area contributed by atoms with E-state index in [1.165, 1.54) is 103 Å². The molecule has 0 radical (unpaired) electrons. The highest BCUT2D eigenvalue weighted by molar-refractivity contribution is 5.86. The summed E-state index contributed by atoms with van der Waals surface area (Å²) in [5.41, 5.74) is 0.516. The minimum atomic E-state index is -0.831. The molecule has 6 rings (SSSR count). The molecule has 2 heterocycles. The van der Waals surface area contributed by atoms with Crippen molar-refractivity contribution in [3.8, 4) is 0 Å². The van der Waals surface area contributed by atoms with Crippen LogP contribution in [0, 0.1) is 17.3 Å². The van der Waals surface area contributed by atoms with Crippen LogP contribution in [0.15, 0.2) is 11.3 Å². The van der Waals surface area contributed by atoms with Crippen LogP contribution < -0.4 is 0 Å². The Morgan fingerprint density at radius 2 is 1.22 bits per heavy atom. The molecule has 6 aliphatic rings. The molecule has 0 spiro atoms. The van der Waals surface area contributed by atoms with Gasteiger partial charge < -0.3 is 24.1 Å². The molecular weight excluding hydrogens is 576 g/mol. The molecule has 0 aromatic heterocycles. The molecule has 4 saturated carbocycles. The third kappa shape index (κ3) is 8.91. The van der Waals surface area contributed by atoms with E-state index in [1.54, 1.807) is 6.92 Å². The number of aliphatic carboxylic acids is 1. The van der Waals surface area contributed by atoms with Gasteiger partial charge in [-0.1, -0.05) is 78.1 Å². The van der Waals surface area contributed by atoms with Gasteiger partial charge in [-0.05, 0) is 109 Å². The minimum Gasteiger partial charge on any atom is -0.497 e. The Labute approximate surface area is 281 Å². The van der Waals surface area contributed by atoms with Crippen molar-refractivity contribution in [3.05, 3.63) is 11.3 Å². The van der Waals surface area contributed by atoms with Crippen LogP contribution in [-0.2, 0) is 23.7 Å². The summed E-state index contributed by atoms with van der Waals surface area (Å²) in [6.07, 6.45) is 28.3. The monoisotopic (exact) mass is 645 g/mol. The summed E-state index contributed by atoms with van der Waals surface area (Å²) in [6, 6.07) is 0. The van der Waals surface area contributed by atoms with Gasteiger partial charge in [-0.2, -0.15) is 0 Å². The average Bonchev–Trinajstić information content (AvgIpc) is 2.98. The van der Waals surface area contributed by atoms with Crippen LogP contribution >= 0.6 is 0 Å². The largest absolute Gasteiger partial charge is 0.497 e. The number of rotatable bonds is 24. The molecular formula is C40H68O6. The standard InChI is InChI=1S/C40H68O6/c1-4-6-16-38(20-24-45-38)18-12-8-10-14-22-43-35(32(3)36(41)42)37-27-33-26-34(28-37)30-40(29-33,31-37)44-23-15-11-9-13-19-39(17-7-5-2)21-25-46-39/h33-34H,4-31H2,1-3H3,(H,41,42). The Kier molecular flexibility index (Phi) is 13.0. The quantitative estimate of drug-likeness (QED) is 0.0640. The lowest BCUT2D eigenvalue weighted by molar-refractivity contribution is -0.193. The van der Waals surface area contributed by atoms with Crippen LogP contribution in [0.4, 0.5) is 0 Å². The van der Waals surface area contributed by atoms with Gasteiger partial charge in [-0.3, -0.25) is 0 Å². The van der Waals surface area contributed by atoms with Crippen molar-refractivity contribution in [2.24, 2.45) is 17.3 Å². The molecule has 264 valence electrons. The summed E-state index contributed by atoms with van der Waals surface area (Å²) in [5, 5.41) is 10.1. The van der Waals surface area contributed by atoms with E-state index in [1.807, 2.05) is 0 Å². The van der Waals surface area contributed by atoms with Gasteiger partial charge in [-0.25, -0.2) is 4.79 Å². The van der Waals surface area contributed by atoms with Crippen molar-refractivity contribution in [3.63, 3.8) is 0 Å². The number of carboxylic acids is 1. The highest BCUT2D eigenvalue weighted by Gasteiger charge is 2.60. The third-order valence-electron chi connectivity index (χ3n) is 12.8. The zero-order chi connectivity index (χ0) is 32.5. The zero-order valence-corrected chi connectivity index (χ0v) is 29.9. The molecule has 2 saturated heterocycles. The number of allylic oxidation sites excluding steroid dienone is 1. The van der Waals surface area contributed by atoms with E-state index < -0.39 is 5.97 Å². The topological polar surface area (TPSA) is 74.2 Å². The maximum Gasteiger partial charge on any atom is 0.334 e. The fourth-order valence-corrected chi connectivity index (χ4v) is 10.5. The number of carbonyl (C=O) groups is 1. The van der Waals surface area contributed by atoms with Gasteiger partial charge in [0.15, 0.2) is 0 Å². The third-order valence-corrected chi connectivity index (χ3v) is 12.8. The van der Waals surface area contributed by atoms with Crippen molar-refractivity contribution >= 4 is 5.97 Å². The molecule has 6 fully saturated rings. The SMILES string of the molecule is CCCCC1(CCCCCCOC(=C(C)C(=O)O)C23CC4CC(CC(OCCCCCCC5(CCCC)CCO5)(C4)C2)C3)CCO1. The van der Waals surface area contributed by atoms with Crippen LogP contribution in [-0.4, -0.2) is 54.3 Å². The molecule has 6 nitrogen and oxygen atoms in total. The second-order valence-electron chi connectivity index (χ2n) is 16.5. The summed E-state index contributed by atoms with van der Waals surface area (Å²) in [4.78, 5) is 12.3. The van der Waals surface area contributed by atoms with Crippen molar-refractivity contribution < 1.29 is 28.8 Å². The second-order valence-corrected chi connectivity index (χ2v) is 16.5. The van der Waals surface area contributed by atoms with E-state index in [0.717, 1.165) is 76.9 Å². The molecule has 4 unspecified atom stereocenters. The fraction of sp³-hybridized carbons (Fsp3) is 0.925. The van der Waals surface area contributed by atoms with Gasteiger partial charge in [0.05, 0.1) is 42.2 Å². The van der Waals surface area contributed by atoms with Gasteiger partial charge in [0.1, 0.15) is 5.76 Å². The summed E-state index contributed by atoms with van der Waals surface area (Å²) < 4.78 is 25.5. The first-order valence-electron chi connectivity index (χ1n) is 19.8. The number of unbranched alkanes of at least 4 members (excludes halogenated alkanes) is 8. The maximum absolute atomic E-state index is 12.3. The number of hydrogen-bond donors (Lipinski definition) is 1. The van der Waals surface area contributed by atoms with Crippen molar-refractivity contribution in [1.29, 1.82) is 0 Å². The molecule has 1 N–H and O–H groups in total. The van der Waals surface area contributed by atoms with Crippen LogP contribution in [0.1, 0.15) is 175 Å². The van der Waals surface area contributed by atoms with Crippen molar-refractivity contribution in [2.45, 2.75) is 192 Å². The number of ether oxygens (including phenoxy) is 4. The van der Waals surface area contributed by atoms with E-state index in [9.17, 15) is 9.90 Å². The lowest BCUT2D eigenvalue weighted by Crippen LogP contribution is -2.57. The van der Waals surface area contributed by atoms with Crippen LogP contribution in [0.2, 0.25) is 0 Å². The normalized spacial score (nSPS) is 35.0. The predicted octanol–water partition coefficient (Wildman–Crippen LogP) is 10.3. The van der Waals surface area contributed by atoms with E-state index in [2.05, 4.69) is 13.8 Å². The molecule has 4 aliphatic carbocycles. The van der Waals surface area contributed by atoms with E-state index in [0.29, 0.717) is 24.0 Å². The summed E-state index contributed by atoms with van der Waals surface area (Å²) in [5.74, 6) is 1.20. The molecule has 46 heavy (non-hydrogen) atoms. The molecule has 4 bridgehead atoms. The maximum atomic E-state index is 12.3. The van der Waals surface area contributed by atoms with Gasteiger partial charge in [0.2, 0.25) is 0 Å². The molecule has 4 atom stereocenters. The fourth-order valence-electron chi connectivity index (χ4n) is 10.5. The first-order chi connectivity index (χ1) is 22.3. The molecule has 0 aromatic rings. The van der Waals surface area contributed by atoms with E-state index in [4.69, 9.17) is 18.9 Å². The highest BCUT2D eigenvalue weighted by Crippen LogP contribution is 2.65.